The van der Waals surface area contributed by atoms with Crippen molar-refractivity contribution in [2.24, 2.45) is 4.99 Å². The first-order chi connectivity index (χ1) is 9.76. The molecule has 0 aliphatic heterocycles. The van der Waals surface area contributed by atoms with E-state index in [1.807, 2.05) is 13.0 Å². The summed E-state index contributed by atoms with van der Waals surface area (Å²) in [7, 11) is 1.65. The van der Waals surface area contributed by atoms with Crippen molar-refractivity contribution in [3.8, 4) is 0 Å². The molecule has 0 radical (unpaired) electrons. The summed E-state index contributed by atoms with van der Waals surface area (Å²) in [4.78, 5) is 15.6. The van der Waals surface area contributed by atoms with Gasteiger partial charge >= 0.3 is 0 Å². The number of nitrogens with one attached hydrogen (secondary N) is 3. The van der Waals surface area contributed by atoms with Crippen LogP contribution in [0.4, 0.5) is 0 Å². The van der Waals surface area contributed by atoms with Crippen LogP contribution < -0.4 is 16.0 Å². The molecule has 0 atom stereocenters. The number of hydrogen-bond acceptors (Lipinski definition) is 4. The molecule has 1 rings (SSSR count). The first-order valence-corrected chi connectivity index (χ1v) is 6.57. The fraction of sp³-hybridized carbons (Fsp3) is 0.538. The van der Waals surface area contributed by atoms with Gasteiger partial charge in [-0.15, -0.1) is 0 Å². The number of aliphatic imine (C=N–C) groups is 1. The Bertz CT molecular complexity index is 404. The summed E-state index contributed by atoms with van der Waals surface area (Å²) in [6, 6.07) is 3.59. The largest absolute Gasteiger partial charge is 0.467 e. The molecule has 0 saturated carbocycles. The molecule has 0 spiro atoms. The van der Waals surface area contributed by atoms with Crippen molar-refractivity contribution in [2.75, 3.05) is 33.4 Å². The minimum atomic E-state index is -0.130. The number of furan rings is 1. The molecule has 0 unspecified atom stereocenters. The van der Waals surface area contributed by atoms with E-state index in [4.69, 9.17) is 9.15 Å². The van der Waals surface area contributed by atoms with Crippen LogP contribution in [0.15, 0.2) is 27.8 Å². The number of hydrogen-bond donors (Lipinski definition) is 3. The third kappa shape index (κ3) is 6.79. The first kappa shape index (κ1) is 16.0. The monoisotopic (exact) mass is 282 g/mol. The lowest BCUT2D eigenvalue weighted by Crippen LogP contribution is -2.43. The highest BCUT2D eigenvalue weighted by Gasteiger charge is 2.04. The summed E-state index contributed by atoms with van der Waals surface area (Å²) in [6.45, 7) is 4.39. The van der Waals surface area contributed by atoms with E-state index < -0.39 is 0 Å². The van der Waals surface area contributed by atoms with Crippen LogP contribution in [0.3, 0.4) is 0 Å². The van der Waals surface area contributed by atoms with E-state index in [-0.39, 0.29) is 12.5 Å². The van der Waals surface area contributed by atoms with E-state index in [1.165, 1.54) is 0 Å². The second-order valence-electron chi connectivity index (χ2n) is 3.91. The van der Waals surface area contributed by atoms with Gasteiger partial charge < -0.3 is 25.1 Å². The molecule has 1 aromatic rings. The molecule has 1 heterocycles. The Morgan fingerprint density at radius 1 is 1.40 bits per heavy atom. The van der Waals surface area contributed by atoms with Gasteiger partial charge in [0.25, 0.3) is 0 Å². The Labute approximate surface area is 118 Å². The fourth-order valence-corrected chi connectivity index (χ4v) is 1.43. The number of ether oxygens (including phenoxy) is 1. The third-order valence-electron chi connectivity index (χ3n) is 2.42. The van der Waals surface area contributed by atoms with Crippen molar-refractivity contribution in [3.05, 3.63) is 24.2 Å². The molecule has 0 aromatic carbocycles. The van der Waals surface area contributed by atoms with E-state index >= 15 is 0 Å². The van der Waals surface area contributed by atoms with Crippen LogP contribution in [-0.2, 0) is 16.1 Å². The lowest BCUT2D eigenvalue weighted by Gasteiger charge is -2.11. The molecule has 1 amide bonds. The maximum atomic E-state index is 11.6. The lowest BCUT2D eigenvalue weighted by atomic mass is 10.4. The van der Waals surface area contributed by atoms with Crippen LogP contribution in [0, 0.1) is 0 Å². The smallest absolute Gasteiger partial charge is 0.239 e. The molecule has 1 aromatic heterocycles. The van der Waals surface area contributed by atoms with Gasteiger partial charge in [-0.05, 0) is 19.1 Å². The Morgan fingerprint density at radius 3 is 2.90 bits per heavy atom. The molecule has 0 aliphatic carbocycles. The van der Waals surface area contributed by atoms with E-state index in [0.29, 0.717) is 32.3 Å². The molecule has 3 N–H and O–H groups in total. The zero-order chi connectivity index (χ0) is 14.6. The summed E-state index contributed by atoms with van der Waals surface area (Å²) >= 11 is 0. The van der Waals surface area contributed by atoms with E-state index in [1.54, 1.807) is 19.4 Å². The molecule has 0 aliphatic rings. The van der Waals surface area contributed by atoms with Crippen molar-refractivity contribution in [2.45, 2.75) is 13.5 Å². The summed E-state index contributed by atoms with van der Waals surface area (Å²) in [5.41, 5.74) is 0. The normalized spacial score (nSPS) is 11.2. The van der Waals surface area contributed by atoms with Gasteiger partial charge in [-0.3, -0.25) is 9.79 Å². The van der Waals surface area contributed by atoms with Crippen LogP contribution >= 0.6 is 0 Å². The first-order valence-electron chi connectivity index (χ1n) is 6.57. The number of carbonyl (C=O) groups excluding carboxylic acids is 1. The quantitative estimate of drug-likeness (QED) is 0.357. The summed E-state index contributed by atoms with van der Waals surface area (Å²) < 4.78 is 10.3. The Morgan fingerprint density at radius 2 is 2.25 bits per heavy atom. The molecule has 0 bridgehead atoms. The molecule has 0 fully saturated rings. The Balaban J connectivity index is 2.14. The van der Waals surface area contributed by atoms with Gasteiger partial charge in [-0.1, -0.05) is 0 Å². The Kier molecular flexibility index (Phi) is 7.90. The standard InChI is InChI=1S/C13H22N4O3/c1-3-19-8-6-15-13(14-2)17-10-12(18)16-9-11-5-4-7-20-11/h4-5,7H,3,6,8-10H2,1-2H3,(H,16,18)(H2,14,15,17). The molecule has 112 valence electrons. The second kappa shape index (κ2) is 9.85. The maximum Gasteiger partial charge on any atom is 0.239 e. The third-order valence-corrected chi connectivity index (χ3v) is 2.42. The van der Waals surface area contributed by atoms with Gasteiger partial charge in [0.1, 0.15) is 5.76 Å². The molecular weight excluding hydrogens is 260 g/mol. The molecule has 7 heteroatoms. The SMILES string of the molecule is CCOCCNC(=NC)NCC(=O)NCc1ccco1. The zero-order valence-electron chi connectivity index (χ0n) is 11.9. The molecular formula is C13H22N4O3. The van der Waals surface area contributed by atoms with Crippen molar-refractivity contribution < 1.29 is 13.9 Å². The summed E-state index contributed by atoms with van der Waals surface area (Å²) in [5, 5.41) is 8.70. The van der Waals surface area contributed by atoms with Gasteiger partial charge in [-0.25, -0.2) is 0 Å². The number of amides is 1. The van der Waals surface area contributed by atoms with E-state index in [0.717, 1.165) is 5.76 Å². The van der Waals surface area contributed by atoms with Crippen LogP contribution in [0.5, 0.6) is 0 Å². The lowest BCUT2D eigenvalue weighted by molar-refractivity contribution is -0.120. The molecule has 0 saturated heterocycles. The summed E-state index contributed by atoms with van der Waals surface area (Å²) in [6.07, 6.45) is 1.57. The predicted octanol–water partition coefficient (Wildman–Crippen LogP) is 0.0973. The van der Waals surface area contributed by atoms with Crippen LogP contribution in [0.1, 0.15) is 12.7 Å². The number of rotatable bonds is 8. The highest BCUT2D eigenvalue weighted by atomic mass is 16.5. The van der Waals surface area contributed by atoms with Crippen molar-refractivity contribution in [1.82, 2.24) is 16.0 Å². The van der Waals surface area contributed by atoms with Gasteiger partial charge in [0.15, 0.2) is 5.96 Å². The number of carbonyl (C=O) groups is 1. The van der Waals surface area contributed by atoms with Crippen LogP contribution in [-0.4, -0.2) is 45.2 Å². The van der Waals surface area contributed by atoms with Crippen LogP contribution in [0.25, 0.3) is 0 Å². The molecule has 7 nitrogen and oxygen atoms in total. The average molecular weight is 282 g/mol. The van der Waals surface area contributed by atoms with Crippen LogP contribution in [0.2, 0.25) is 0 Å². The highest BCUT2D eigenvalue weighted by Crippen LogP contribution is 1.97. The second-order valence-corrected chi connectivity index (χ2v) is 3.91. The highest BCUT2D eigenvalue weighted by molar-refractivity contribution is 5.86. The van der Waals surface area contributed by atoms with Gasteiger partial charge in [0, 0.05) is 20.2 Å². The minimum absolute atomic E-state index is 0.130. The van der Waals surface area contributed by atoms with E-state index in [9.17, 15) is 4.79 Å². The van der Waals surface area contributed by atoms with Gasteiger partial charge in [0.05, 0.1) is 26.0 Å². The predicted molar refractivity (Wildman–Crippen MR) is 76.4 cm³/mol. The van der Waals surface area contributed by atoms with Crippen molar-refractivity contribution in [3.63, 3.8) is 0 Å². The maximum absolute atomic E-state index is 11.6. The fourth-order valence-electron chi connectivity index (χ4n) is 1.43. The van der Waals surface area contributed by atoms with Crippen molar-refractivity contribution >= 4 is 11.9 Å². The van der Waals surface area contributed by atoms with Crippen molar-refractivity contribution in [1.29, 1.82) is 0 Å². The molecule has 20 heavy (non-hydrogen) atoms. The van der Waals surface area contributed by atoms with E-state index in [2.05, 4.69) is 20.9 Å². The topological polar surface area (TPSA) is 87.9 Å². The van der Waals surface area contributed by atoms with Gasteiger partial charge in [0.2, 0.25) is 5.91 Å². The Hall–Kier alpha value is -2.02. The summed E-state index contributed by atoms with van der Waals surface area (Å²) in [5.74, 6) is 1.16. The van der Waals surface area contributed by atoms with Gasteiger partial charge in [-0.2, -0.15) is 0 Å². The minimum Gasteiger partial charge on any atom is -0.467 e. The average Bonchev–Trinajstić information content (AvgIpc) is 2.97. The number of guanidine groups is 1. The zero-order valence-corrected chi connectivity index (χ0v) is 11.9. The number of nitrogens with zero attached hydrogens (tertiary/aromatic N) is 1.